The standard InChI is InChI=1S/C14H17NO/c1-9(2)13-6-12(16-11-3-4-11)5-10-7-15-8-14(10)13/h5-6,8-9,11H,3-4,7H2,1-2H3. The maximum atomic E-state index is 5.89. The van der Waals surface area contributed by atoms with Gasteiger partial charge in [0.05, 0.1) is 12.6 Å². The topological polar surface area (TPSA) is 21.6 Å². The van der Waals surface area contributed by atoms with E-state index in [0.29, 0.717) is 12.0 Å². The number of nitrogens with zero attached hydrogens (tertiary/aromatic N) is 1. The third kappa shape index (κ3) is 1.73. The van der Waals surface area contributed by atoms with Crippen molar-refractivity contribution in [2.45, 2.75) is 45.3 Å². The Hall–Kier alpha value is -1.31. The minimum Gasteiger partial charge on any atom is -0.490 e. The first-order chi connectivity index (χ1) is 7.74. The summed E-state index contributed by atoms with van der Waals surface area (Å²) in [5.74, 6) is 1.57. The fourth-order valence-electron chi connectivity index (χ4n) is 2.16. The Kier molecular flexibility index (Phi) is 2.23. The van der Waals surface area contributed by atoms with Gasteiger partial charge in [-0.05, 0) is 42.0 Å². The van der Waals surface area contributed by atoms with Crippen molar-refractivity contribution in [3.05, 3.63) is 28.8 Å². The number of ether oxygens (including phenoxy) is 1. The zero-order valence-corrected chi connectivity index (χ0v) is 9.86. The maximum absolute atomic E-state index is 5.89. The van der Waals surface area contributed by atoms with Crippen LogP contribution >= 0.6 is 0 Å². The first-order valence-corrected chi connectivity index (χ1v) is 6.07. The van der Waals surface area contributed by atoms with E-state index >= 15 is 0 Å². The highest BCUT2D eigenvalue weighted by molar-refractivity contribution is 5.87. The second-order valence-corrected chi connectivity index (χ2v) is 5.03. The van der Waals surface area contributed by atoms with Crippen molar-refractivity contribution in [1.29, 1.82) is 0 Å². The fraction of sp³-hybridized carbons (Fsp3) is 0.500. The minimum atomic E-state index is 0.473. The summed E-state index contributed by atoms with van der Waals surface area (Å²) >= 11 is 0. The molecule has 1 aromatic carbocycles. The van der Waals surface area contributed by atoms with Crippen LogP contribution in [0.15, 0.2) is 17.1 Å². The van der Waals surface area contributed by atoms with Crippen molar-refractivity contribution in [3.63, 3.8) is 0 Å². The summed E-state index contributed by atoms with van der Waals surface area (Å²) in [5.41, 5.74) is 4.01. The molecule has 0 N–H and O–H groups in total. The number of hydrogen-bond donors (Lipinski definition) is 0. The fourth-order valence-corrected chi connectivity index (χ4v) is 2.16. The van der Waals surface area contributed by atoms with Gasteiger partial charge < -0.3 is 4.74 Å². The molecular weight excluding hydrogens is 198 g/mol. The van der Waals surface area contributed by atoms with E-state index in [2.05, 4.69) is 31.0 Å². The van der Waals surface area contributed by atoms with Gasteiger partial charge in [-0.3, -0.25) is 4.99 Å². The van der Waals surface area contributed by atoms with Gasteiger partial charge in [-0.15, -0.1) is 0 Å². The maximum Gasteiger partial charge on any atom is 0.120 e. The average molecular weight is 215 g/mol. The van der Waals surface area contributed by atoms with E-state index in [1.54, 1.807) is 0 Å². The monoisotopic (exact) mass is 215 g/mol. The lowest BCUT2D eigenvalue weighted by atomic mass is 9.94. The Labute approximate surface area is 96.3 Å². The molecule has 1 heterocycles. The van der Waals surface area contributed by atoms with Crippen LogP contribution in [-0.4, -0.2) is 12.3 Å². The molecule has 3 rings (SSSR count). The van der Waals surface area contributed by atoms with Crippen molar-refractivity contribution in [1.82, 2.24) is 0 Å². The highest BCUT2D eigenvalue weighted by Crippen LogP contribution is 2.33. The van der Waals surface area contributed by atoms with Gasteiger partial charge in [0.2, 0.25) is 0 Å². The van der Waals surface area contributed by atoms with Crippen molar-refractivity contribution in [2.75, 3.05) is 0 Å². The van der Waals surface area contributed by atoms with Crippen LogP contribution in [0.2, 0.25) is 0 Å². The zero-order chi connectivity index (χ0) is 11.1. The lowest BCUT2D eigenvalue weighted by molar-refractivity contribution is 0.302. The van der Waals surface area contributed by atoms with Gasteiger partial charge in [0.25, 0.3) is 0 Å². The van der Waals surface area contributed by atoms with Crippen LogP contribution in [0.25, 0.3) is 0 Å². The zero-order valence-electron chi connectivity index (χ0n) is 9.86. The van der Waals surface area contributed by atoms with Gasteiger partial charge in [0.15, 0.2) is 0 Å². The summed E-state index contributed by atoms with van der Waals surface area (Å²) in [6.07, 6.45) is 4.90. The molecule has 1 fully saturated rings. The van der Waals surface area contributed by atoms with Crippen LogP contribution in [0.5, 0.6) is 5.75 Å². The molecule has 2 nitrogen and oxygen atoms in total. The van der Waals surface area contributed by atoms with Gasteiger partial charge in [-0.2, -0.15) is 0 Å². The van der Waals surface area contributed by atoms with E-state index in [4.69, 9.17) is 4.74 Å². The molecule has 1 aliphatic heterocycles. The van der Waals surface area contributed by atoms with E-state index in [-0.39, 0.29) is 0 Å². The molecule has 1 aliphatic carbocycles. The normalized spacial score (nSPS) is 17.9. The van der Waals surface area contributed by atoms with Crippen LogP contribution in [0, 0.1) is 0 Å². The summed E-state index contributed by atoms with van der Waals surface area (Å²) in [5, 5.41) is 0. The van der Waals surface area contributed by atoms with E-state index < -0.39 is 0 Å². The molecule has 84 valence electrons. The summed E-state index contributed by atoms with van der Waals surface area (Å²) in [6.45, 7) is 5.27. The van der Waals surface area contributed by atoms with Crippen molar-refractivity contribution < 1.29 is 4.74 Å². The number of rotatable bonds is 3. The Morgan fingerprint density at radius 2 is 2.12 bits per heavy atom. The molecule has 0 amide bonds. The molecule has 0 unspecified atom stereocenters. The third-order valence-corrected chi connectivity index (χ3v) is 3.20. The van der Waals surface area contributed by atoms with Gasteiger partial charge >= 0.3 is 0 Å². The molecule has 0 radical (unpaired) electrons. The first-order valence-electron chi connectivity index (χ1n) is 6.07. The van der Waals surface area contributed by atoms with Crippen LogP contribution < -0.4 is 4.74 Å². The first kappa shape index (κ1) is 9.88. The second kappa shape index (κ2) is 3.62. The quantitative estimate of drug-likeness (QED) is 0.758. The van der Waals surface area contributed by atoms with Gasteiger partial charge in [-0.1, -0.05) is 13.8 Å². The predicted octanol–water partition coefficient (Wildman–Crippen LogP) is 3.28. The SMILES string of the molecule is CC(C)c1cc(OC2CC2)cc2c1C=NC2. The molecule has 2 aliphatic rings. The predicted molar refractivity (Wildman–Crippen MR) is 65.5 cm³/mol. The Bertz CT molecular complexity index is 444. The smallest absolute Gasteiger partial charge is 0.120 e. The Morgan fingerprint density at radius 3 is 2.81 bits per heavy atom. The molecule has 0 saturated heterocycles. The molecule has 0 bridgehead atoms. The third-order valence-electron chi connectivity index (χ3n) is 3.20. The molecule has 0 aromatic heterocycles. The molecule has 1 saturated carbocycles. The van der Waals surface area contributed by atoms with E-state index in [1.165, 1.54) is 29.5 Å². The van der Waals surface area contributed by atoms with Crippen LogP contribution in [0.4, 0.5) is 0 Å². The van der Waals surface area contributed by atoms with Gasteiger partial charge in [-0.25, -0.2) is 0 Å². The summed E-state index contributed by atoms with van der Waals surface area (Å²) < 4.78 is 5.89. The summed E-state index contributed by atoms with van der Waals surface area (Å²) in [4.78, 5) is 4.35. The minimum absolute atomic E-state index is 0.473. The summed E-state index contributed by atoms with van der Waals surface area (Å²) in [7, 11) is 0. The molecule has 0 atom stereocenters. The molecule has 2 heteroatoms. The lowest BCUT2D eigenvalue weighted by Crippen LogP contribution is -2.01. The number of hydrogen-bond acceptors (Lipinski definition) is 2. The Balaban J connectivity index is 1.99. The van der Waals surface area contributed by atoms with E-state index in [0.717, 1.165) is 12.3 Å². The van der Waals surface area contributed by atoms with Crippen molar-refractivity contribution in [2.24, 2.45) is 4.99 Å². The van der Waals surface area contributed by atoms with Crippen molar-refractivity contribution in [3.8, 4) is 5.75 Å². The second-order valence-electron chi connectivity index (χ2n) is 5.03. The largest absolute Gasteiger partial charge is 0.490 e. The Morgan fingerprint density at radius 1 is 1.31 bits per heavy atom. The lowest BCUT2D eigenvalue weighted by Gasteiger charge is -2.14. The van der Waals surface area contributed by atoms with Gasteiger partial charge in [0, 0.05) is 11.8 Å². The molecule has 16 heavy (non-hydrogen) atoms. The average Bonchev–Trinajstić information content (AvgIpc) is 2.93. The van der Waals surface area contributed by atoms with Crippen LogP contribution in [-0.2, 0) is 6.54 Å². The highest BCUT2D eigenvalue weighted by atomic mass is 16.5. The summed E-state index contributed by atoms with van der Waals surface area (Å²) in [6, 6.07) is 4.35. The van der Waals surface area contributed by atoms with E-state index in [9.17, 15) is 0 Å². The van der Waals surface area contributed by atoms with Crippen molar-refractivity contribution >= 4 is 6.21 Å². The number of benzene rings is 1. The molecular formula is C14H17NO. The number of fused-ring (bicyclic) bond motifs is 1. The molecule has 0 spiro atoms. The van der Waals surface area contributed by atoms with Gasteiger partial charge in [0.1, 0.15) is 5.75 Å². The highest BCUT2D eigenvalue weighted by Gasteiger charge is 2.24. The van der Waals surface area contributed by atoms with Crippen LogP contribution in [0.3, 0.4) is 0 Å². The number of aliphatic imine (C=N–C) groups is 1. The van der Waals surface area contributed by atoms with E-state index in [1.807, 2.05) is 6.21 Å². The molecule has 1 aromatic rings. The van der Waals surface area contributed by atoms with Crippen LogP contribution in [0.1, 0.15) is 49.3 Å².